The van der Waals surface area contributed by atoms with Crippen LogP contribution in [0.25, 0.3) is 0 Å². The average molecular weight is 141 g/mol. The van der Waals surface area contributed by atoms with Crippen LogP contribution < -0.4 is 0 Å². The molecule has 1 nitrogen and oxygen atoms in total. The van der Waals surface area contributed by atoms with Crippen LogP contribution in [0.2, 0.25) is 0 Å². The van der Waals surface area contributed by atoms with Gasteiger partial charge in [0.25, 0.3) is 0 Å². The molecule has 0 aromatic rings. The molecule has 1 heteroatoms. The van der Waals surface area contributed by atoms with E-state index in [0.29, 0.717) is 12.2 Å². The third kappa shape index (κ3) is 3.65. The van der Waals surface area contributed by atoms with E-state index >= 15 is 0 Å². The van der Waals surface area contributed by atoms with Crippen molar-refractivity contribution in [1.29, 1.82) is 0 Å². The molecular formula is C9H17O. The first kappa shape index (κ1) is 9.67. The van der Waals surface area contributed by atoms with Crippen LogP contribution in [0.4, 0.5) is 0 Å². The maximum Gasteiger partial charge on any atom is 0.138 e. The highest BCUT2D eigenvalue weighted by Gasteiger charge is 2.19. The Morgan fingerprint density at radius 3 is 2.20 bits per heavy atom. The smallest absolute Gasteiger partial charge is 0.138 e. The van der Waals surface area contributed by atoms with E-state index in [0.717, 1.165) is 6.42 Å². The van der Waals surface area contributed by atoms with Crippen LogP contribution in [0.3, 0.4) is 0 Å². The van der Waals surface area contributed by atoms with Crippen LogP contribution in [0, 0.1) is 11.8 Å². The molecule has 0 aromatic carbocycles. The quantitative estimate of drug-likeness (QED) is 0.590. The summed E-state index contributed by atoms with van der Waals surface area (Å²) in [5.41, 5.74) is -0.150. The molecule has 0 atom stereocenters. The maximum atomic E-state index is 11.2. The van der Waals surface area contributed by atoms with Gasteiger partial charge in [0.1, 0.15) is 5.78 Å². The molecule has 0 aliphatic rings. The summed E-state index contributed by atoms with van der Waals surface area (Å²) in [6.45, 7) is 7.87. The fourth-order valence-corrected chi connectivity index (χ4v) is 0.650. The van der Waals surface area contributed by atoms with Gasteiger partial charge in [-0.3, -0.25) is 4.79 Å². The third-order valence-corrected chi connectivity index (χ3v) is 1.50. The van der Waals surface area contributed by atoms with E-state index in [1.54, 1.807) is 0 Å². The Morgan fingerprint density at radius 2 is 1.90 bits per heavy atom. The molecule has 0 rings (SSSR count). The van der Waals surface area contributed by atoms with E-state index in [4.69, 9.17) is 0 Å². The van der Waals surface area contributed by atoms with Gasteiger partial charge >= 0.3 is 0 Å². The van der Waals surface area contributed by atoms with Gasteiger partial charge in [-0.15, -0.1) is 0 Å². The Labute approximate surface area is 63.8 Å². The van der Waals surface area contributed by atoms with E-state index in [9.17, 15) is 4.79 Å². The van der Waals surface area contributed by atoms with Gasteiger partial charge in [-0.2, -0.15) is 0 Å². The predicted molar refractivity (Wildman–Crippen MR) is 43.7 cm³/mol. The van der Waals surface area contributed by atoms with Gasteiger partial charge in [0.15, 0.2) is 0 Å². The predicted octanol–water partition coefficient (Wildman–Crippen LogP) is 2.61. The molecule has 0 aromatic heterocycles. The van der Waals surface area contributed by atoms with Crippen molar-refractivity contribution in [2.24, 2.45) is 5.41 Å². The number of unbranched alkanes of at least 4 members (excludes halogenated alkanes) is 1. The lowest BCUT2D eigenvalue weighted by Crippen LogP contribution is -2.19. The minimum atomic E-state index is -0.150. The van der Waals surface area contributed by atoms with Crippen molar-refractivity contribution in [3.8, 4) is 0 Å². The summed E-state index contributed by atoms with van der Waals surface area (Å²) in [6.07, 6.45) is 3.64. The Bertz CT molecular complexity index is 108. The minimum absolute atomic E-state index is 0.150. The van der Waals surface area contributed by atoms with Crippen molar-refractivity contribution in [2.75, 3.05) is 0 Å². The van der Waals surface area contributed by atoms with Crippen LogP contribution in [0.15, 0.2) is 0 Å². The number of hydrogen-bond acceptors (Lipinski definition) is 1. The topological polar surface area (TPSA) is 17.1 Å². The summed E-state index contributed by atoms with van der Waals surface area (Å²) in [5.74, 6) is 0.352. The lowest BCUT2D eigenvalue weighted by atomic mass is 9.88. The number of Topliss-reactive ketones (excluding diaryl/α,β-unsaturated/α-hetero) is 1. The van der Waals surface area contributed by atoms with Crippen LogP contribution >= 0.6 is 0 Å². The van der Waals surface area contributed by atoms with E-state index in [-0.39, 0.29) is 5.41 Å². The second-order valence-electron chi connectivity index (χ2n) is 3.62. The molecule has 0 spiro atoms. The molecule has 0 fully saturated rings. The number of carbonyl (C=O) groups excluding carboxylic acids is 1. The highest BCUT2D eigenvalue weighted by atomic mass is 16.1. The number of ketones is 1. The summed E-state index contributed by atoms with van der Waals surface area (Å²) < 4.78 is 0. The molecule has 0 heterocycles. The monoisotopic (exact) mass is 141 g/mol. The summed E-state index contributed by atoms with van der Waals surface area (Å²) in [6, 6.07) is 0. The number of hydrogen-bond donors (Lipinski definition) is 0. The van der Waals surface area contributed by atoms with Crippen molar-refractivity contribution >= 4 is 5.78 Å². The molecule has 0 amide bonds. The van der Waals surface area contributed by atoms with Crippen LogP contribution in [0.1, 0.15) is 40.5 Å². The summed E-state index contributed by atoms with van der Waals surface area (Å²) in [4.78, 5) is 11.2. The summed E-state index contributed by atoms with van der Waals surface area (Å²) in [5, 5.41) is 0. The van der Waals surface area contributed by atoms with Gasteiger partial charge in [0.05, 0.1) is 0 Å². The number of rotatable bonds is 3. The Kier molecular flexibility index (Phi) is 3.62. The Balaban J connectivity index is 3.64. The molecule has 0 N–H and O–H groups in total. The largest absolute Gasteiger partial charge is 0.299 e. The molecule has 0 aliphatic heterocycles. The molecule has 0 saturated heterocycles. The molecule has 0 aliphatic carbocycles. The highest BCUT2D eigenvalue weighted by Crippen LogP contribution is 2.17. The fraction of sp³-hybridized carbons (Fsp3) is 0.778. The van der Waals surface area contributed by atoms with Crippen molar-refractivity contribution in [2.45, 2.75) is 40.5 Å². The third-order valence-electron chi connectivity index (χ3n) is 1.50. The van der Waals surface area contributed by atoms with Gasteiger partial charge < -0.3 is 0 Å². The normalized spacial score (nSPS) is 11.6. The van der Waals surface area contributed by atoms with Crippen LogP contribution in [0.5, 0.6) is 0 Å². The SMILES string of the molecule is C[CH]CCC(=O)C(C)(C)C. The summed E-state index contributed by atoms with van der Waals surface area (Å²) >= 11 is 0. The van der Waals surface area contributed by atoms with Gasteiger partial charge in [-0.05, 0) is 12.8 Å². The molecular weight excluding hydrogens is 124 g/mol. The average Bonchev–Trinajstić information content (AvgIpc) is 1.80. The van der Waals surface area contributed by atoms with Gasteiger partial charge in [0, 0.05) is 11.8 Å². The maximum absolute atomic E-state index is 11.2. The van der Waals surface area contributed by atoms with Crippen molar-refractivity contribution < 1.29 is 4.79 Å². The zero-order chi connectivity index (χ0) is 8.20. The Morgan fingerprint density at radius 1 is 1.40 bits per heavy atom. The Hall–Kier alpha value is -0.330. The van der Waals surface area contributed by atoms with Gasteiger partial charge in [-0.1, -0.05) is 27.7 Å². The second-order valence-corrected chi connectivity index (χ2v) is 3.62. The van der Waals surface area contributed by atoms with Crippen molar-refractivity contribution in [3.63, 3.8) is 0 Å². The lowest BCUT2D eigenvalue weighted by Gasteiger charge is -2.15. The molecule has 1 radical (unpaired) electrons. The van der Waals surface area contributed by atoms with E-state index < -0.39 is 0 Å². The first-order valence-corrected chi connectivity index (χ1v) is 3.79. The van der Waals surface area contributed by atoms with E-state index in [2.05, 4.69) is 0 Å². The highest BCUT2D eigenvalue weighted by molar-refractivity contribution is 5.83. The first-order chi connectivity index (χ1) is 4.48. The molecule has 0 saturated carbocycles. The summed E-state index contributed by atoms with van der Waals surface area (Å²) in [7, 11) is 0. The van der Waals surface area contributed by atoms with Gasteiger partial charge in [-0.25, -0.2) is 0 Å². The zero-order valence-electron chi connectivity index (χ0n) is 7.40. The molecule has 0 unspecified atom stereocenters. The zero-order valence-corrected chi connectivity index (χ0v) is 7.40. The van der Waals surface area contributed by atoms with Crippen LogP contribution in [-0.2, 0) is 4.79 Å². The van der Waals surface area contributed by atoms with E-state index in [1.807, 2.05) is 34.1 Å². The first-order valence-electron chi connectivity index (χ1n) is 3.79. The van der Waals surface area contributed by atoms with Crippen LogP contribution in [-0.4, -0.2) is 5.78 Å². The fourth-order valence-electron chi connectivity index (χ4n) is 0.650. The second kappa shape index (κ2) is 3.75. The molecule has 0 bridgehead atoms. The van der Waals surface area contributed by atoms with Gasteiger partial charge in [0.2, 0.25) is 0 Å². The number of carbonyl (C=O) groups is 1. The van der Waals surface area contributed by atoms with Crippen molar-refractivity contribution in [1.82, 2.24) is 0 Å². The molecule has 10 heavy (non-hydrogen) atoms. The standard InChI is InChI=1S/C9H17O/c1-5-6-7-8(10)9(2,3)4/h5H,6-7H2,1-4H3. The minimum Gasteiger partial charge on any atom is -0.299 e. The van der Waals surface area contributed by atoms with E-state index in [1.165, 1.54) is 0 Å². The molecule has 59 valence electrons. The van der Waals surface area contributed by atoms with Crippen molar-refractivity contribution in [3.05, 3.63) is 6.42 Å². The lowest BCUT2D eigenvalue weighted by molar-refractivity contribution is -0.126.